The minimum absolute atomic E-state index is 0.0632. The number of carbonyl (C=O) groups is 1. The topological polar surface area (TPSA) is 78.7 Å². The highest BCUT2D eigenvalue weighted by Gasteiger charge is 2.21. The zero-order valence-electron chi connectivity index (χ0n) is 10.3. The Morgan fingerprint density at radius 3 is 3.06 bits per heavy atom. The number of nitrogens with zero attached hydrogens (tertiary/aromatic N) is 2. The molecule has 1 aliphatic carbocycles. The van der Waals surface area contributed by atoms with E-state index in [1.54, 1.807) is 18.6 Å². The van der Waals surface area contributed by atoms with Gasteiger partial charge in [-0.25, -0.2) is 4.98 Å². The van der Waals surface area contributed by atoms with Gasteiger partial charge < -0.3 is 5.32 Å². The molecule has 2 N–H and O–H groups in total. The smallest absolute Gasteiger partial charge is 0.168 e. The molecule has 2 rings (SSSR count). The minimum Gasteiger partial charge on any atom is -0.342 e. The molecule has 0 fully saturated rings. The van der Waals surface area contributed by atoms with E-state index in [0.717, 1.165) is 30.5 Å². The molecule has 5 nitrogen and oxygen atoms in total. The Balaban J connectivity index is 2.27. The van der Waals surface area contributed by atoms with Gasteiger partial charge in [0.25, 0.3) is 0 Å². The van der Waals surface area contributed by atoms with E-state index in [1.807, 2.05) is 0 Å². The Bertz CT molecular complexity index is 481. The van der Waals surface area contributed by atoms with Gasteiger partial charge in [0, 0.05) is 18.1 Å². The van der Waals surface area contributed by atoms with Gasteiger partial charge in [-0.2, -0.15) is 0 Å². The number of rotatable bonds is 4. The highest BCUT2D eigenvalue weighted by atomic mass is 16.1. The summed E-state index contributed by atoms with van der Waals surface area (Å²) in [5.74, 6) is 1.20. The molecule has 94 valence electrons. The van der Waals surface area contributed by atoms with Crippen LogP contribution < -0.4 is 5.32 Å². The Morgan fingerprint density at radius 1 is 1.56 bits per heavy atom. The number of nitrogens with one attached hydrogen (secondary N) is 2. The van der Waals surface area contributed by atoms with Crippen molar-refractivity contribution >= 4 is 17.8 Å². The zero-order valence-corrected chi connectivity index (χ0v) is 10.3. The van der Waals surface area contributed by atoms with Crippen molar-refractivity contribution < 1.29 is 4.79 Å². The van der Waals surface area contributed by atoms with E-state index in [4.69, 9.17) is 5.41 Å². The summed E-state index contributed by atoms with van der Waals surface area (Å²) in [6, 6.07) is 0. The van der Waals surface area contributed by atoms with E-state index in [1.165, 1.54) is 0 Å². The minimum atomic E-state index is 0.0632. The van der Waals surface area contributed by atoms with Gasteiger partial charge in [-0.1, -0.05) is 6.92 Å². The summed E-state index contributed by atoms with van der Waals surface area (Å²) >= 11 is 0. The second-order valence-electron chi connectivity index (χ2n) is 4.55. The van der Waals surface area contributed by atoms with Crippen molar-refractivity contribution in [1.29, 1.82) is 5.41 Å². The molecule has 18 heavy (non-hydrogen) atoms. The molecule has 0 saturated carbocycles. The molecule has 0 bridgehead atoms. The molecule has 1 heterocycles. The molecule has 5 heteroatoms. The molecule has 1 aromatic heterocycles. The summed E-state index contributed by atoms with van der Waals surface area (Å²) in [6.45, 7) is 2.17. The van der Waals surface area contributed by atoms with Gasteiger partial charge in [-0.15, -0.1) is 0 Å². The molecule has 0 spiro atoms. The maximum absolute atomic E-state index is 10.8. The van der Waals surface area contributed by atoms with Crippen molar-refractivity contribution in [3.8, 4) is 0 Å². The van der Waals surface area contributed by atoms with Crippen LogP contribution in [0.3, 0.4) is 0 Å². The van der Waals surface area contributed by atoms with Gasteiger partial charge in [0.1, 0.15) is 5.82 Å². The van der Waals surface area contributed by atoms with Gasteiger partial charge in [0.05, 0.1) is 11.9 Å². The van der Waals surface area contributed by atoms with Crippen molar-refractivity contribution in [1.82, 2.24) is 9.97 Å². The summed E-state index contributed by atoms with van der Waals surface area (Å²) in [4.78, 5) is 18.9. The van der Waals surface area contributed by atoms with E-state index in [2.05, 4.69) is 22.2 Å². The maximum atomic E-state index is 10.8. The van der Waals surface area contributed by atoms with Gasteiger partial charge in [0.15, 0.2) is 6.29 Å². The van der Waals surface area contributed by atoms with Gasteiger partial charge in [-0.3, -0.25) is 15.2 Å². The third kappa shape index (κ3) is 2.80. The first-order chi connectivity index (χ1) is 8.70. The second kappa shape index (κ2) is 5.53. The Morgan fingerprint density at radius 2 is 2.39 bits per heavy atom. The Labute approximate surface area is 106 Å². The van der Waals surface area contributed by atoms with E-state index >= 15 is 0 Å². The number of aldehydes is 1. The SMILES string of the molecule is CC1CCC(C(=N)C=O)=C(Nc2cnccn2)C1. The molecule has 0 amide bonds. The van der Waals surface area contributed by atoms with Crippen molar-refractivity contribution in [3.63, 3.8) is 0 Å². The summed E-state index contributed by atoms with van der Waals surface area (Å²) in [7, 11) is 0. The number of allylic oxidation sites excluding steroid dienone is 2. The lowest BCUT2D eigenvalue weighted by Gasteiger charge is -2.24. The van der Waals surface area contributed by atoms with Crippen molar-refractivity contribution in [2.75, 3.05) is 5.32 Å². The first-order valence-corrected chi connectivity index (χ1v) is 6.00. The summed E-state index contributed by atoms with van der Waals surface area (Å²) in [6.07, 6.45) is 8.07. The lowest BCUT2D eigenvalue weighted by Crippen LogP contribution is -2.19. The van der Waals surface area contributed by atoms with Crippen LogP contribution in [0.15, 0.2) is 29.9 Å². The van der Waals surface area contributed by atoms with Crippen molar-refractivity contribution in [2.45, 2.75) is 26.2 Å². The third-order valence-electron chi connectivity index (χ3n) is 3.09. The highest BCUT2D eigenvalue weighted by Crippen LogP contribution is 2.29. The molecule has 1 aliphatic rings. The average molecular weight is 244 g/mol. The first kappa shape index (κ1) is 12.4. The Hall–Kier alpha value is -2.04. The molecule has 1 atom stereocenters. The lowest BCUT2D eigenvalue weighted by molar-refractivity contribution is -0.102. The van der Waals surface area contributed by atoms with Crippen LogP contribution in [0.25, 0.3) is 0 Å². The fourth-order valence-electron chi connectivity index (χ4n) is 2.13. The second-order valence-corrected chi connectivity index (χ2v) is 4.55. The van der Waals surface area contributed by atoms with Crippen LogP contribution in [0.4, 0.5) is 5.82 Å². The number of hydrogen-bond acceptors (Lipinski definition) is 5. The largest absolute Gasteiger partial charge is 0.342 e. The van der Waals surface area contributed by atoms with Gasteiger partial charge in [-0.05, 0) is 30.8 Å². The van der Waals surface area contributed by atoms with E-state index in [9.17, 15) is 4.79 Å². The quantitative estimate of drug-likeness (QED) is 0.628. The molecule has 0 aliphatic heterocycles. The highest BCUT2D eigenvalue weighted by molar-refractivity contribution is 6.34. The fraction of sp³-hybridized carbons (Fsp3) is 0.385. The fourth-order valence-corrected chi connectivity index (χ4v) is 2.13. The van der Waals surface area contributed by atoms with E-state index in [-0.39, 0.29) is 5.71 Å². The van der Waals surface area contributed by atoms with Crippen molar-refractivity contribution in [2.24, 2.45) is 5.92 Å². The molecular weight excluding hydrogens is 228 g/mol. The molecule has 0 aromatic carbocycles. The maximum Gasteiger partial charge on any atom is 0.168 e. The average Bonchev–Trinajstić information content (AvgIpc) is 2.39. The van der Waals surface area contributed by atoms with Crippen LogP contribution in [0.5, 0.6) is 0 Å². The van der Waals surface area contributed by atoms with Crippen LogP contribution in [-0.2, 0) is 4.79 Å². The lowest BCUT2D eigenvalue weighted by atomic mass is 9.86. The number of aromatic nitrogens is 2. The van der Waals surface area contributed by atoms with Crippen LogP contribution in [0.2, 0.25) is 0 Å². The number of anilines is 1. The number of hydrogen-bond donors (Lipinski definition) is 2. The van der Waals surface area contributed by atoms with Gasteiger partial charge >= 0.3 is 0 Å². The predicted molar refractivity (Wildman–Crippen MR) is 69.5 cm³/mol. The van der Waals surface area contributed by atoms with E-state index in [0.29, 0.717) is 18.0 Å². The summed E-state index contributed by atoms with van der Waals surface area (Å²) < 4.78 is 0. The normalized spacial score (nSPS) is 19.5. The van der Waals surface area contributed by atoms with Crippen molar-refractivity contribution in [3.05, 3.63) is 29.9 Å². The van der Waals surface area contributed by atoms with Crippen LogP contribution in [0.1, 0.15) is 26.2 Å². The zero-order chi connectivity index (χ0) is 13.0. The third-order valence-corrected chi connectivity index (χ3v) is 3.09. The van der Waals surface area contributed by atoms with Crippen LogP contribution in [0, 0.1) is 11.3 Å². The van der Waals surface area contributed by atoms with Crippen LogP contribution >= 0.6 is 0 Å². The Kier molecular flexibility index (Phi) is 3.82. The first-order valence-electron chi connectivity index (χ1n) is 6.00. The molecule has 1 aromatic rings. The molecular formula is C13H16N4O. The molecule has 0 radical (unpaired) electrons. The van der Waals surface area contributed by atoms with E-state index < -0.39 is 0 Å². The van der Waals surface area contributed by atoms with Gasteiger partial charge in [0.2, 0.25) is 0 Å². The predicted octanol–water partition coefficient (Wildman–Crippen LogP) is 2.18. The summed E-state index contributed by atoms with van der Waals surface area (Å²) in [5.41, 5.74) is 1.79. The molecule has 0 saturated heterocycles. The molecule has 1 unspecified atom stereocenters. The number of carbonyl (C=O) groups excluding carboxylic acids is 1. The standard InChI is InChI=1S/C13H16N4O/c1-9-2-3-10(11(14)8-18)12(6-9)17-13-7-15-4-5-16-13/h4-5,7-9,14H,2-3,6H2,1H3,(H,16,17). The van der Waals surface area contributed by atoms with Crippen LogP contribution in [-0.4, -0.2) is 22.0 Å². The monoisotopic (exact) mass is 244 g/mol. The summed E-state index contributed by atoms with van der Waals surface area (Å²) in [5, 5.41) is 10.9.